The number of hydrogen-bond donors (Lipinski definition) is 3. The first-order valence-corrected chi connectivity index (χ1v) is 27.5. The molecule has 0 fully saturated rings. The molecular formula is C55H107NO5. The SMILES string of the molecule is CCCCCCCCC/C=C/C(O)C(CO)NC(=O)CCCCCCCCCCCCCCCCCCCCCCCCCOC(=O)CCCCCCCCCCCCCC. The molecule has 2 atom stereocenters. The molecule has 0 radical (unpaired) electrons. The van der Waals surface area contributed by atoms with Crippen LogP contribution in [0.25, 0.3) is 0 Å². The highest BCUT2D eigenvalue weighted by Gasteiger charge is 2.18. The average Bonchev–Trinajstić information content (AvgIpc) is 3.26. The zero-order valence-electron chi connectivity index (χ0n) is 41.2. The molecule has 0 aromatic carbocycles. The molecule has 0 aliphatic rings. The summed E-state index contributed by atoms with van der Waals surface area (Å²) in [5.41, 5.74) is 0. The summed E-state index contributed by atoms with van der Waals surface area (Å²) in [6.07, 6.45) is 59.5. The van der Waals surface area contributed by atoms with Gasteiger partial charge < -0.3 is 20.3 Å². The highest BCUT2D eigenvalue weighted by atomic mass is 16.5. The second-order valence-corrected chi connectivity index (χ2v) is 18.9. The molecule has 0 rings (SSSR count). The van der Waals surface area contributed by atoms with Gasteiger partial charge in [0.05, 0.1) is 25.4 Å². The van der Waals surface area contributed by atoms with Crippen molar-refractivity contribution in [1.82, 2.24) is 5.32 Å². The van der Waals surface area contributed by atoms with Crippen LogP contribution in [0.1, 0.15) is 303 Å². The lowest BCUT2D eigenvalue weighted by Crippen LogP contribution is -2.45. The van der Waals surface area contributed by atoms with Gasteiger partial charge in [-0.1, -0.05) is 270 Å². The third-order valence-electron chi connectivity index (χ3n) is 12.8. The molecule has 0 saturated carbocycles. The second-order valence-electron chi connectivity index (χ2n) is 18.9. The maximum atomic E-state index is 12.4. The summed E-state index contributed by atoms with van der Waals surface area (Å²) in [5, 5.41) is 22.9. The number of allylic oxidation sites excluding steroid dienone is 1. The number of nitrogens with one attached hydrogen (secondary N) is 1. The molecule has 61 heavy (non-hydrogen) atoms. The van der Waals surface area contributed by atoms with E-state index in [-0.39, 0.29) is 18.5 Å². The maximum absolute atomic E-state index is 12.4. The van der Waals surface area contributed by atoms with Crippen molar-refractivity contribution in [2.45, 2.75) is 315 Å². The van der Waals surface area contributed by atoms with E-state index in [0.717, 1.165) is 38.5 Å². The number of esters is 1. The molecule has 0 spiro atoms. The lowest BCUT2D eigenvalue weighted by atomic mass is 10.0. The quantitative estimate of drug-likeness (QED) is 0.0322. The number of carbonyl (C=O) groups is 2. The van der Waals surface area contributed by atoms with Crippen molar-refractivity contribution in [2.75, 3.05) is 13.2 Å². The van der Waals surface area contributed by atoms with Crippen molar-refractivity contribution in [2.24, 2.45) is 0 Å². The molecule has 0 aliphatic carbocycles. The molecule has 0 aromatic rings. The molecule has 0 bridgehead atoms. The van der Waals surface area contributed by atoms with E-state index in [4.69, 9.17) is 4.74 Å². The molecule has 1 amide bonds. The van der Waals surface area contributed by atoms with Gasteiger partial charge in [0, 0.05) is 12.8 Å². The van der Waals surface area contributed by atoms with Crippen LogP contribution in [0.2, 0.25) is 0 Å². The Labute approximate surface area is 380 Å². The van der Waals surface area contributed by atoms with Crippen LogP contribution >= 0.6 is 0 Å². The van der Waals surface area contributed by atoms with Gasteiger partial charge in [-0.2, -0.15) is 0 Å². The fraction of sp³-hybridized carbons (Fsp3) is 0.927. The first kappa shape index (κ1) is 59.6. The summed E-state index contributed by atoms with van der Waals surface area (Å²) in [7, 11) is 0. The molecule has 6 heteroatoms. The van der Waals surface area contributed by atoms with Crippen molar-refractivity contribution in [3.8, 4) is 0 Å². The van der Waals surface area contributed by atoms with Crippen LogP contribution in [0.15, 0.2) is 12.2 Å². The van der Waals surface area contributed by atoms with E-state index in [1.165, 1.54) is 238 Å². The van der Waals surface area contributed by atoms with E-state index in [9.17, 15) is 19.8 Å². The highest BCUT2D eigenvalue weighted by Crippen LogP contribution is 2.17. The van der Waals surface area contributed by atoms with E-state index in [2.05, 4.69) is 19.2 Å². The predicted molar refractivity (Wildman–Crippen MR) is 264 cm³/mol. The Balaban J connectivity index is 3.35. The van der Waals surface area contributed by atoms with Crippen LogP contribution < -0.4 is 5.32 Å². The van der Waals surface area contributed by atoms with Gasteiger partial charge in [0.15, 0.2) is 0 Å². The normalized spacial score (nSPS) is 12.7. The van der Waals surface area contributed by atoms with Gasteiger partial charge >= 0.3 is 5.97 Å². The van der Waals surface area contributed by atoms with Crippen LogP contribution in [0.3, 0.4) is 0 Å². The van der Waals surface area contributed by atoms with Gasteiger partial charge in [0.1, 0.15) is 0 Å². The van der Waals surface area contributed by atoms with Crippen molar-refractivity contribution in [3.63, 3.8) is 0 Å². The Bertz CT molecular complexity index is 909. The Morgan fingerprint density at radius 1 is 0.443 bits per heavy atom. The molecule has 0 aliphatic heterocycles. The van der Waals surface area contributed by atoms with Crippen molar-refractivity contribution in [1.29, 1.82) is 0 Å². The zero-order chi connectivity index (χ0) is 44.4. The van der Waals surface area contributed by atoms with Crippen LogP contribution in [0.5, 0.6) is 0 Å². The molecule has 362 valence electrons. The van der Waals surface area contributed by atoms with Crippen LogP contribution in [0.4, 0.5) is 0 Å². The number of hydrogen-bond acceptors (Lipinski definition) is 5. The number of amides is 1. The van der Waals surface area contributed by atoms with Crippen molar-refractivity contribution >= 4 is 11.9 Å². The van der Waals surface area contributed by atoms with Crippen molar-refractivity contribution < 1.29 is 24.5 Å². The summed E-state index contributed by atoms with van der Waals surface area (Å²) in [4.78, 5) is 24.4. The Kier molecular flexibility index (Phi) is 50.1. The number of unbranched alkanes of at least 4 members (excludes halogenated alkanes) is 40. The van der Waals surface area contributed by atoms with E-state index in [0.29, 0.717) is 19.4 Å². The summed E-state index contributed by atoms with van der Waals surface area (Å²) < 4.78 is 5.47. The minimum atomic E-state index is -0.840. The van der Waals surface area contributed by atoms with Gasteiger partial charge in [-0.15, -0.1) is 0 Å². The zero-order valence-corrected chi connectivity index (χ0v) is 41.2. The summed E-state index contributed by atoms with van der Waals surface area (Å²) in [5.74, 6) is -0.0549. The standard InChI is InChI=1S/C55H107NO5/c1-3-5-7-9-11-13-14-29-33-37-41-45-49-55(60)61-50-46-42-38-34-30-27-25-23-21-19-17-15-16-18-20-22-24-26-28-32-36-40-44-48-54(59)56-52(51-57)53(58)47-43-39-35-31-12-10-8-6-4-2/h43,47,52-53,57-58H,3-42,44-46,48-51H2,1-2H3,(H,56,59)/b47-43+. The Hall–Kier alpha value is -1.40. The second kappa shape index (κ2) is 51.2. The molecule has 0 aromatic heterocycles. The average molecular weight is 862 g/mol. The fourth-order valence-corrected chi connectivity index (χ4v) is 8.58. The molecule has 0 saturated heterocycles. The Morgan fingerprint density at radius 2 is 0.754 bits per heavy atom. The lowest BCUT2D eigenvalue weighted by molar-refractivity contribution is -0.143. The predicted octanol–water partition coefficient (Wildman–Crippen LogP) is 16.5. The van der Waals surface area contributed by atoms with Crippen LogP contribution in [-0.2, 0) is 14.3 Å². The van der Waals surface area contributed by atoms with E-state index in [1.807, 2.05) is 6.08 Å². The number of aliphatic hydroxyl groups excluding tert-OH is 2. The number of rotatable bonds is 51. The topological polar surface area (TPSA) is 95.9 Å². The smallest absolute Gasteiger partial charge is 0.305 e. The van der Waals surface area contributed by atoms with Crippen LogP contribution in [0, 0.1) is 0 Å². The molecular weight excluding hydrogens is 755 g/mol. The van der Waals surface area contributed by atoms with E-state index < -0.39 is 12.1 Å². The summed E-state index contributed by atoms with van der Waals surface area (Å²) in [6, 6.07) is -0.624. The van der Waals surface area contributed by atoms with E-state index >= 15 is 0 Å². The van der Waals surface area contributed by atoms with Crippen molar-refractivity contribution in [3.05, 3.63) is 12.2 Å². The minimum Gasteiger partial charge on any atom is -0.466 e. The van der Waals surface area contributed by atoms with Gasteiger partial charge in [0.2, 0.25) is 5.91 Å². The fourth-order valence-electron chi connectivity index (χ4n) is 8.58. The summed E-state index contributed by atoms with van der Waals surface area (Å²) in [6.45, 7) is 4.88. The lowest BCUT2D eigenvalue weighted by Gasteiger charge is -2.20. The first-order valence-electron chi connectivity index (χ1n) is 27.5. The van der Waals surface area contributed by atoms with Gasteiger partial charge in [0.25, 0.3) is 0 Å². The molecule has 6 nitrogen and oxygen atoms in total. The maximum Gasteiger partial charge on any atom is 0.305 e. The summed E-state index contributed by atoms with van der Waals surface area (Å²) >= 11 is 0. The monoisotopic (exact) mass is 862 g/mol. The number of carbonyl (C=O) groups excluding carboxylic acids is 2. The Morgan fingerprint density at radius 3 is 1.11 bits per heavy atom. The van der Waals surface area contributed by atoms with Gasteiger partial charge in [-0.05, 0) is 32.1 Å². The molecule has 2 unspecified atom stereocenters. The third kappa shape index (κ3) is 47.9. The first-order chi connectivity index (χ1) is 30.0. The molecule has 0 heterocycles. The van der Waals surface area contributed by atoms with Crippen LogP contribution in [-0.4, -0.2) is 47.4 Å². The number of aliphatic hydroxyl groups is 2. The third-order valence-corrected chi connectivity index (χ3v) is 12.8. The highest BCUT2D eigenvalue weighted by molar-refractivity contribution is 5.76. The largest absolute Gasteiger partial charge is 0.466 e. The van der Waals surface area contributed by atoms with Gasteiger partial charge in [-0.25, -0.2) is 0 Å². The minimum absolute atomic E-state index is 0.0145. The molecule has 3 N–H and O–H groups in total. The number of ether oxygens (including phenoxy) is 1. The van der Waals surface area contributed by atoms with Gasteiger partial charge in [-0.3, -0.25) is 9.59 Å². The van der Waals surface area contributed by atoms with E-state index in [1.54, 1.807) is 6.08 Å².